The minimum atomic E-state index is -1.19. The van der Waals surface area contributed by atoms with E-state index in [-0.39, 0.29) is 40.2 Å². The Balaban J connectivity index is 1.80. The summed E-state index contributed by atoms with van der Waals surface area (Å²) in [6.07, 6.45) is 0.862. The predicted octanol–water partition coefficient (Wildman–Crippen LogP) is 5.55. The largest absolute Gasteiger partial charge is 0.492 e. The molecule has 2 N–H and O–H groups in total. The third-order valence-corrected chi connectivity index (χ3v) is 5.75. The third-order valence-electron chi connectivity index (χ3n) is 4.87. The lowest BCUT2D eigenvalue weighted by molar-refractivity contribution is -0.136. The van der Waals surface area contributed by atoms with Gasteiger partial charge in [-0.05, 0) is 41.8 Å². The number of nitrogens with one attached hydrogen (secondary N) is 1. The Bertz CT molecular complexity index is 1210. The van der Waals surface area contributed by atoms with Crippen LogP contribution in [0.5, 0.6) is 5.75 Å². The SMILES string of the molecule is CC(C)c1c(C(=O)Nc2cc(CC(=O)O)c(Cl)c(Cl)c2F)cnn1CCOc1ccc(F)cc1. The second-order valence-corrected chi connectivity index (χ2v) is 8.43. The molecule has 7 nitrogen and oxygen atoms in total. The van der Waals surface area contributed by atoms with E-state index in [0.29, 0.717) is 18.0 Å². The van der Waals surface area contributed by atoms with Crippen molar-refractivity contribution in [2.75, 3.05) is 11.9 Å². The Labute approximate surface area is 204 Å². The van der Waals surface area contributed by atoms with Gasteiger partial charge in [0.05, 0.1) is 46.2 Å². The fourth-order valence-corrected chi connectivity index (χ4v) is 3.79. The number of hydrogen-bond acceptors (Lipinski definition) is 4. The number of aliphatic carboxylic acids is 1. The zero-order valence-corrected chi connectivity index (χ0v) is 19.8. The van der Waals surface area contributed by atoms with Crippen molar-refractivity contribution in [1.29, 1.82) is 0 Å². The standard InChI is InChI=1S/C23H21Cl2F2N3O4/c1-12(2)22-16(11-28-30(22)7-8-34-15-5-3-14(26)4-6-15)23(33)29-17-9-13(10-18(31)32)19(24)20(25)21(17)27/h3-6,9,11-12H,7-8,10H2,1-2H3,(H,29,33)(H,31,32). The van der Waals surface area contributed by atoms with Crippen molar-refractivity contribution in [2.45, 2.75) is 32.7 Å². The maximum absolute atomic E-state index is 14.6. The molecule has 2 aromatic carbocycles. The molecular weight excluding hydrogens is 491 g/mol. The van der Waals surface area contributed by atoms with Gasteiger partial charge in [-0.25, -0.2) is 8.78 Å². The van der Waals surface area contributed by atoms with E-state index in [1.165, 1.54) is 30.5 Å². The molecule has 0 bridgehead atoms. The van der Waals surface area contributed by atoms with Crippen LogP contribution in [0.15, 0.2) is 36.5 Å². The van der Waals surface area contributed by atoms with Crippen LogP contribution in [0, 0.1) is 11.6 Å². The molecule has 0 atom stereocenters. The van der Waals surface area contributed by atoms with E-state index in [4.69, 9.17) is 33.0 Å². The highest BCUT2D eigenvalue weighted by atomic mass is 35.5. The molecule has 0 aliphatic carbocycles. The Morgan fingerprint density at radius 1 is 1.18 bits per heavy atom. The Kier molecular flexibility index (Phi) is 8.11. The number of amides is 1. The average molecular weight is 512 g/mol. The number of carbonyl (C=O) groups excluding carboxylic acids is 1. The molecule has 180 valence electrons. The van der Waals surface area contributed by atoms with Crippen molar-refractivity contribution < 1.29 is 28.2 Å². The van der Waals surface area contributed by atoms with Gasteiger partial charge in [0.2, 0.25) is 0 Å². The molecule has 0 saturated heterocycles. The van der Waals surface area contributed by atoms with Crippen LogP contribution in [-0.4, -0.2) is 33.4 Å². The molecule has 3 rings (SSSR count). The van der Waals surface area contributed by atoms with Crippen LogP contribution in [0.4, 0.5) is 14.5 Å². The zero-order chi connectivity index (χ0) is 25.0. The normalized spacial score (nSPS) is 11.0. The van der Waals surface area contributed by atoms with Gasteiger partial charge in [0, 0.05) is 0 Å². The van der Waals surface area contributed by atoms with Crippen molar-refractivity contribution in [2.24, 2.45) is 0 Å². The monoisotopic (exact) mass is 511 g/mol. The summed E-state index contributed by atoms with van der Waals surface area (Å²) in [4.78, 5) is 24.0. The van der Waals surface area contributed by atoms with Crippen LogP contribution in [0.3, 0.4) is 0 Å². The number of halogens is 4. The number of anilines is 1. The third kappa shape index (κ3) is 5.84. The van der Waals surface area contributed by atoms with Crippen molar-refractivity contribution in [3.05, 3.63) is 75.0 Å². The number of nitrogens with zero attached hydrogens (tertiary/aromatic N) is 2. The summed E-state index contributed by atoms with van der Waals surface area (Å²) < 4.78 is 34.9. The second-order valence-electron chi connectivity index (χ2n) is 7.67. The predicted molar refractivity (Wildman–Crippen MR) is 124 cm³/mol. The highest BCUT2D eigenvalue weighted by Gasteiger charge is 2.23. The molecular formula is C23H21Cl2F2N3O4. The second kappa shape index (κ2) is 10.8. The van der Waals surface area contributed by atoms with E-state index >= 15 is 0 Å². The Hall–Kier alpha value is -3.17. The van der Waals surface area contributed by atoms with Gasteiger partial charge < -0.3 is 15.2 Å². The molecule has 0 spiro atoms. The van der Waals surface area contributed by atoms with E-state index in [9.17, 15) is 18.4 Å². The lowest BCUT2D eigenvalue weighted by atomic mass is 10.0. The molecule has 0 aliphatic heterocycles. The molecule has 1 aromatic heterocycles. The summed E-state index contributed by atoms with van der Waals surface area (Å²) in [6.45, 7) is 4.27. The summed E-state index contributed by atoms with van der Waals surface area (Å²) in [6, 6.07) is 6.73. The summed E-state index contributed by atoms with van der Waals surface area (Å²) in [5.41, 5.74) is 0.569. The molecule has 1 heterocycles. The maximum Gasteiger partial charge on any atom is 0.307 e. The number of aromatic nitrogens is 2. The molecule has 3 aromatic rings. The fraction of sp³-hybridized carbons (Fsp3) is 0.261. The van der Waals surface area contributed by atoms with Crippen molar-refractivity contribution in [1.82, 2.24) is 9.78 Å². The van der Waals surface area contributed by atoms with Gasteiger partial charge in [-0.2, -0.15) is 5.10 Å². The topological polar surface area (TPSA) is 93.5 Å². The highest BCUT2D eigenvalue weighted by Crippen LogP contribution is 2.34. The Morgan fingerprint density at radius 2 is 1.85 bits per heavy atom. The molecule has 0 saturated carbocycles. The number of ether oxygens (including phenoxy) is 1. The summed E-state index contributed by atoms with van der Waals surface area (Å²) in [5, 5.41) is 15.0. The van der Waals surface area contributed by atoms with Crippen LogP contribution in [0.2, 0.25) is 10.0 Å². The number of carbonyl (C=O) groups is 2. The van der Waals surface area contributed by atoms with Crippen LogP contribution < -0.4 is 10.1 Å². The van der Waals surface area contributed by atoms with Gasteiger partial charge in [0.15, 0.2) is 5.82 Å². The molecule has 0 fully saturated rings. The van der Waals surface area contributed by atoms with E-state index in [1.54, 1.807) is 4.68 Å². The van der Waals surface area contributed by atoms with Crippen LogP contribution in [-0.2, 0) is 17.8 Å². The van der Waals surface area contributed by atoms with Gasteiger partial charge >= 0.3 is 5.97 Å². The first-order chi connectivity index (χ1) is 16.1. The fourth-order valence-electron chi connectivity index (χ4n) is 3.37. The van der Waals surface area contributed by atoms with Gasteiger partial charge in [-0.1, -0.05) is 37.0 Å². The first-order valence-electron chi connectivity index (χ1n) is 10.2. The van der Waals surface area contributed by atoms with Gasteiger partial charge in [-0.15, -0.1) is 0 Å². The minimum absolute atomic E-state index is 0.0635. The lowest BCUT2D eigenvalue weighted by Gasteiger charge is -2.15. The van der Waals surface area contributed by atoms with Crippen molar-refractivity contribution in [3.8, 4) is 5.75 Å². The molecule has 0 unspecified atom stereocenters. The van der Waals surface area contributed by atoms with Crippen molar-refractivity contribution >= 4 is 40.8 Å². The maximum atomic E-state index is 14.6. The van der Waals surface area contributed by atoms with E-state index in [0.717, 1.165) is 6.07 Å². The van der Waals surface area contributed by atoms with Gasteiger partial charge in [-0.3, -0.25) is 14.3 Å². The zero-order valence-electron chi connectivity index (χ0n) is 18.2. The average Bonchev–Trinajstić information content (AvgIpc) is 3.21. The van der Waals surface area contributed by atoms with Crippen molar-refractivity contribution in [3.63, 3.8) is 0 Å². The highest BCUT2D eigenvalue weighted by molar-refractivity contribution is 6.43. The molecule has 34 heavy (non-hydrogen) atoms. The summed E-state index contributed by atoms with van der Waals surface area (Å²) in [5.74, 6) is -2.80. The van der Waals surface area contributed by atoms with Gasteiger partial charge in [0.25, 0.3) is 5.91 Å². The first-order valence-corrected chi connectivity index (χ1v) is 11.0. The van der Waals surface area contributed by atoms with Crippen LogP contribution in [0.25, 0.3) is 0 Å². The first kappa shape index (κ1) is 25.5. The van der Waals surface area contributed by atoms with E-state index < -0.39 is 29.1 Å². The molecule has 1 amide bonds. The number of carboxylic acids is 1. The number of hydrogen-bond donors (Lipinski definition) is 2. The van der Waals surface area contributed by atoms with Crippen LogP contribution in [0.1, 0.15) is 41.4 Å². The quantitative estimate of drug-likeness (QED) is 0.367. The smallest absolute Gasteiger partial charge is 0.307 e. The number of rotatable bonds is 9. The molecule has 0 aliphatic rings. The lowest BCUT2D eigenvalue weighted by Crippen LogP contribution is -2.18. The molecule has 11 heteroatoms. The van der Waals surface area contributed by atoms with Crippen LogP contribution >= 0.6 is 23.2 Å². The molecule has 0 radical (unpaired) electrons. The minimum Gasteiger partial charge on any atom is -0.492 e. The Morgan fingerprint density at radius 3 is 2.47 bits per heavy atom. The van der Waals surface area contributed by atoms with E-state index in [2.05, 4.69) is 10.4 Å². The summed E-state index contributed by atoms with van der Waals surface area (Å²) >= 11 is 11.8. The number of benzene rings is 2. The number of carboxylic acid groups (broad SMARTS) is 1. The van der Waals surface area contributed by atoms with E-state index in [1.807, 2.05) is 13.8 Å². The van der Waals surface area contributed by atoms with Gasteiger partial charge in [0.1, 0.15) is 18.2 Å². The summed E-state index contributed by atoms with van der Waals surface area (Å²) in [7, 11) is 0.